The number of nitrogens with zero attached hydrogens (tertiary/aromatic N) is 1. The van der Waals surface area contributed by atoms with Crippen LogP contribution in [-0.4, -0.2) is 57.8 Å². The van der Waals surface area contributed by atoms with E-state index in [2.05, 4.69) is 10.6 Å². The third-order valence-electron chi connectivity index (χ3n) is 6.39. The summed E-state index contributed by atoms with van der Waals surface area (Å²) in [6.45, 7) is 8.33. The molecule has 3 aromatic carbocycles. The van der Waals surface area contributed by atoms with Gasteiger partial charge < -0.3 is 30.5 Å². The standard InChI is InChI=1S/C32H39N3O6/c1-21-10-9-11-22(2)27(21)34-29(38)28(24-12-7-6-8-13-24)35(18-19-36)30(39)26(33-31(40)41-32(3,4)5)20-23-14-16-25(37)17-15-23/h6-17,26,28,36-37H,18-20H2,1-5H3,(H,33,40)(H,34,38). The maximum atomic E-state index is 14.2. The van der Waals surface area contributed by atoms with Crippen molar-refractivity contribution in [1.29, 1.82) is 0 Å². The topological polar surface area (TPSA) is 128 Å². The number of carbonyl (C=O) groups is 3. The van der Waals surface area contributed by atoms with Crippen LogP contribution in [0.25, 0.3) is 0 Å². The number of nitrogens with one attached hydrogen (secondary N) is 2. The number of aliphatic hydroxyl groups excluding tert-OH is 1. The van der Waals surface area contributed by atoms with Gasteiger partial charge in [0, 0.05) is 18.7 Å². The summed E-state index contributed by atoms with van der Waals surface area (Å²) in [5, 5.41) is 25.4. The first-order valence-electron chi connectivity index (χ1n) is 13.5. The van der Waals surface area contributed by atoms with Crippen molar-refractivity contribution in [1.82, 2.24) is 10.2 Å². The van der Waals surface area contributed by atoms with Crippen molar-refractivity contribution >= 4 is 23.6 Å². The van der Waals surface area contributed by atoms with E-state index in [-0.39, 0.29) is 18.7 Å². The number of para-hydroxylation sites is 1. The lowest BCUT2D eigenvalue weighted by Crippen LogP contribution is -2.53. The number of hydrogen-bond acceptors (Lipinski definition) is 6. The Labute approximate surface area is 241 Å². The van der Waals surface area contributed by atoms with E-state index in [9.17, 15) is 24.6 Å². The second-order valence-corrected chi connectivity index (χ2v) is 10.9. The second kappa shape index (κ2) is 13.8. The first kappa shape index (κ1) is 31.2. The van der Waals surface area contributed by atoms with E-state index in [4.69, 9.17) is 4.74 Å². The van der Waals surface area contributed by atoms with Gasteiger partial charge >= 0.3 is 6.09 Å². The lowest BCUT2D eigenvalue weighted by atomic mass is 9.99. The first-order valence-corrected chi connectivity index (χ1v) is 13.5. The largest absolute Gasteiger partial charge is 0.508 e. The van der Waals surface area contributed by atoms with Gasteiger partial charge in [0.05, 0.1) is 6.61 Å². The minimum absolute atomic E-state index is 0.0559. The zero-order chi connectivity index (χ0) is 30.2. The molecule has 0 aliphatic rings. The quantitative estimate of drug-likeness (QED) is 0.285. The molecule has 2 unspecified atom stereocenters. The van der Waals surface area contributed by atoms with E-state index in [0.717, 1.165) is 11.1 Å². The summed E-state index contributed by atoms with van der Waals surface area (Å²) in [6, 6.07) is 18.5. The molecule has 9 nitrogen and oxygen atoms in total. The van der Waals surface area contributed by atoms with Crippen LogP contribution in [-0.2, 0) is 20.7 Å². The summed E-state index contributed by atoms with van der Waals surface area (Å²) in [5.41, 5.74) is 2.77. The lowest BCUT2D eigenvalue weighted by molar-refractivity contribution is -0.141. The van der Waals surface area contributed by atoms with E-state index < -0.39 is 42.2 Å². The maximum absolute atomic E-state index is 14.2. The van der Waals surface area contributed by atoms with Crippen LogP contribution in [0.5, 0.6) is 5.75 Å². The van der Waals surface area contributed by atoms with Gasteiger partial charge in [0.15, 0.2) is 0 Å². The average molecular weight is 562 g/mol. The second-order valence-electron chi connectivity index (χ2n) is 10.9. The minimum Gasteiger partial charge on any atom is -0.508 e. The van der Waals surface area contributed by atoms with Crippen LogP contribution in [0.4, 0.5) is 10.5 Å². The highest BCUT2D eigenvalue weighted by Crippen LogP contribution is 2.27. The summed E-state index contributed by atoms with van der Waals surface area (Å²) in [4.78, 5) is 42.3. The van der Waals surface area contributed by atoms with Crippen LogP contribution in [0.2, 0.25) is 0 Å². The van der Waals surface area contributed by atoms with Gasteiger partial charge in [-0.25, -0.2) is 4.79 Å². The predicted octanol–water partition coefficient (Wildman–Crippen LogP) is 4.65. The molecule has 9 heteroatoms. The normalized spacial score (nSPS) is 12.6. The summed E-state index contributed by atoms with van der Waals surface area (Å²) in [7, 11) is 0. The highest BCUT2D eigenvalue weighted by molar-refractivity contribution is 6.00. The summed E-state index contributed by atoms with van der Waals surface area (Å²) in [5.74, 6) is -0.981. The van der Waals surface area contributed by atoms with Crippen LogP contribution in [0.1, 0.15) is 49.1 Å². The van der Waals surface area contributed by atoms with Gasteiger partial charge in [-0.1, -0.05) is 60.7 Å². The summed E-state index contributed by atoms with van der Waals surface area (Å²) < 4.78 is 5.42. The molecule has 0 heterocycles. The molecule has 218 valence electrons. The van der Waals surface area contributed by atoms with Crippen molar-refractivity contribution in [2.45, 2.75) is 58.7 Å². The molecule has 3 aromatic rings. The van der Waals surface area contributed by atoms with Crippen LogP contribution in [0.15, 0.2) is 72.8 Å². The van der Waals surface area contributed by atoms with Crippen LogP contribution in [0, 0.1) is 13.8 Å². The Hall–Kier alpha value is -4.37. The van der Waals surface area contributed by atoms with Gasteiger partial charge in [0.2, 0.25) is 5.91 Å². The number of alkyl carbamates (subject to hydrolysis) is 1. The molecule has 0 fully saturated rings. The lowest BCUT2D eigenvalue weighted by Gasteiger charge is -2.34. The number of benzene rings is 3. The molecule has 0 aliphatic heterocycles. The van der Waals surface area contributed by atoms with Gasteiger partial charge in [-0.15, -0.1) is 0 Å². The van der Waals surface area contributed by atoms with E-state index >= 15 is 0 Å². The van der Waals surface area contributed by atoms with Gasteiger partial charge in [-0.3, -0.25) is 9.59 Å². The number of rotatable bonds is 10. The molecular weight excluding hydrogens is 522 g/mol. The van der Waals surface area contributed by atoms with Crippen molar-refractivity contribution in [3.63, 3.8) is 0 Å². The number of anilines is 1. The van der Waals surface area contributed by atoms with Crippen molar-refractivity contribution in [2.75, 3.05) is 18.5 Å². The average Bonchev–Trinajstić information content (AvgIpc) is 2.90. The molecule has 0 bridgehead atoms. The molecule has 2 atom stereocenters. The fourth-order valence-electron chi connectivity index (χ4n) is 4.50. The van der Waals surface area contributed by atoms with E-state index in [0.29, 0.717) is 16.8 Å². The van der Waals surface area contributed by atoms with E-state index in [1.807, 2.05) is 32.0 Å². The van der Waals surface area contributed by atoms with Crippen molar-refractivity contribution in [2.24, 2.45) is 0 Å². The molecule has 0 aliphatic carbocycles. The first-order chi connectivity index (χ1) is 19.4. The summed E-state index contributed by atoms with van der Waals surface area (Å²) in [6.07, 6.45) is -0.741. The highest BCUT2D eigenvalue weighted by atomic mass is 16.6. The number of carbonyl (C=O) groups excluding carboxylic acids is 3. The monoisotopic (exact) mass is 561 g/mol. The Morgan fingerprint density at radius 1 is 0.902 bits per heavy atom. The Morgan fingerprint density at radius 3 is 2.07 bits per heavy atom. The number of ether oxygens (including phenoxy) is 1. The van der Waals surface area contributed by atoms with Crippen LogP contribution < -0.4 is 10.6 Å². The van der Waals surface area contributed by atoms with Crippen molar-refractivity contribution < 1.29 is 29.3 Å². The Balaban J connectivity index is 2.03. The number of aromatic hydroxyl groups is 1. The minimum atomic E-state index is -1.14. The molecule has 0 saturated carbocycles. The van der Waals surface area contributed by atoms with Gasteiger partial charge in [-0.05, 0) is 69.0 Å². The number of hydrogen-bond donors (Lipinski definition) is 4. The van der Waals surface area contributed by atoms with E-state index in [1.54, 1.807) is 63.2 Å². The third kappa shape index (κ3) is 8.81. The molecule has 3 rings (SSSR count). The van der Waals surface area contributed by atoms with Crippen LogP contribution in [0.3, 0.4) is 0 Å². The third-order valence-corrected chi connectivity index (χ3v) is 6.39. The Bertz CT molecular complexity index is 1320. The van der Waals surface area contributed by atoms with Gasteiger partial charge in [-0.2, -0.15) is 0 Å². The molecule has 3 amide bonds. The van der Waals surface area contributed by atoms with Crippen LogP contribution >= 0.6 is 0 Å². The highest BCUT2D eigenvalue weighted by Gasteiger charge is 2.36. The maximum Gasteiger partial charge on any atom is 0.408 e. The smallest absolute Gasteiger partial charge is 0.408 e. The number of aliphatic hydroxyl groups is 1. The predicted molar refractivity (Wildman–Crippen MR) is 157 cm³/mol. The molecular formula is C32H39N3O6. The molecule has 0 radical (unpaired) electrons. The fraction of sp³-hybridized carbons (Fsp3) is 0.344. The SMILES string of the molecule is Cc1cccc(C)c1NC(=O)C(c1ccccc1)N(CCO)C(=O)C(Cc1ccc(O)cc1)NC(=O)OC(C)(C)C. The number of phenols is 1. The van der Waals surface area contributed by atoms with E-state index in [1.165, 1.54) is 17.0 Å². The number of aryl methyl sites for hydroxylation is 2. The number of amides is 3. The van der Waals surface area contributed by atoms with Gasteiger partial charge in [0.25, 0.3) is 5.91 Å². The molecule has 0 spiro atoms. The molecule has 0 aromatic heterocycles. The molecule has 0 saturated heterocycles. The Morgan fingerprint density at radius 2 is 1.51 bits per heavy atom. The van der Waals surface area contributed by atoms with Crippen molar-refractivity contribution in [3.05, 3.63) is 95.1 Å². The molecule has 41 heavy (non-hydrogen) atoms. The van der Waals surface area contributed by atoms with Crippen molar-refractivity contribution in [3.8, 4) is 5.75 Å². The molecule has 4 N–H and O–H groups in total. The fourth-order valence-corrected chi connectivity index (χ4v) is 4.50. The zero-order valence-electron chi connectivity index (χ0n) is 24.2. The Kier molecular flexibility index (Phi) is 10.5. The summed E-state index contributed by atoms with van der Waals surface area (Å²) >= 11 is 0. The van der Waals surface area contributed by atoms with Gasteiger partial charge in [0.1, 0.15) is 23.4 Å². The number of phenolic OH excluding ortho intramolecular Hbond substituents is 1. The zero-order valence-corrected chi connectivity index (χ0v) is 24.2.